The molecule has 0 aliphatic carbocycles. The van der Waals surface area contributed by atoms with Crippen LogP contribution in [0.2, 0.25) is 0 Å². The summed E-state index contributed by atoms with van der Waals surface area (Å²) in [5, 5.41) is 0. The lowest BCUT2D eigenvalue weighted by Gasteiger charge is -2.34. The number of nitrogens with zero attached hydrogens (tertiary/aromatic N) is 2. The van der Waals surface area contributed by atoms with Gasteiger partial charge in [0.15, 0.2) is 0 Å². The summed E-state index contributed by atoms with van der Waals surface area (Å²) in [6.45, 7) is 5.88. The number of piperazine rings is 1. The first-order valence-corrected chi connectivity index (χ1v) is 7.26. The van der Waals surface area contributed by atoms with Gasteiger partial charge in [-0.3, -0.25) is 4.79 Å². The molecule has 0 unspecified atom stereocenters. The summed E-state index contributed by atoms with van der Waals surface area (Å²) in [4.78, 5) is 27.5. The molecule has 0 N–H and O–H groups in total. The van der Waals surface area contributed by atoms with Crippen molar-refractivity contribution in [1.29, 1.82) is 0 Å². The second-order valence-corrected chi connectivity index (χ2v) is 5.31. The molecule has 1 aliphatic heterocycles. The van der Waals surface area contributed by atoms with Crippen LogP contribution >= 0.6 is 0 Å². The molecule has 0 aromatic heterocycles. The fourth-order valence-electron chi connectivity index (χ4n) is 2.64. The minimum absolute atomic E-state index is 0.00670. The molecule has 1 saturated heterocycles. The Kier molecular flexibility index (Phi) is 4.90. The molecule has 6 heteroatoms. The molecule has 1 aromatic carbocycles. The number of carbonyl (C=O) groups excluding carboxylic acids is 2. The van der Waals surface area contributed by atoms with Crippen LogP contribution in [0.4, 0.5) is 4.79 Å². The summed E-state index contributed by atoms with van der Waals surface area (Å²) in [5.74, 6) is 0.775. The summed E-state index contributed by atoms with van der Waals surface area (Å²) in [6.07, 6.45) is -0.344. The maximum Gasteiger partial charge on any atom is 0.409 e. The van der Waals surface area contributed by atoms with E-state index < -0.39 is 0 Å². The van der Waals surface area contributed by atoms with Crippen LogP contribution < -0.4 is 4.74 Å². The minimum atomic E-state index is -0.344. The van der Waals surface area contributed by atoms with Crippen molar-refractivity contribution < 1.29 is 19.1 Å². The Bertz CT molecular complexity index is 578. The minimum Gasteiger partial charge on any atom is -0.496 e. The van der Waals surface area contributed by atoms with E-state index in [1.54, 1.807) is 23.0 Å². The molecule has 1 aromatic rings. The molecule has 6 nitrogen and oxygen atoms in total. The first kappa shape index (κ1) is 16.1. The quantitative estimate of drug-likeness (QED) is 0.836. The van der Waals surface area contributed by atoms with E-state index in [0.29, 0.717) is 31.7 Å². The zero-order valence-corrected chi connectivity index (χ0v) is 13.5. The van der Waals surface area contributed by atoms with Crippen molar-refractivity contribution in [3.8, 4) is 5.75 Å². The standard InChI is InChI=1S/C16H22N2O4/c1-11-12(2)14(21-3)6-5-13(11)15(19)17-7-9-18(10-8-17)16(20)22-4/h5-6H,7-10H2,1-4H3. The Morgan fingerprint density at radius 2 is 1.55 bits per heavy atom. The third kappa shape index (κ3) is 3.00. The van der Waals surface area contributed by atoms with E-state index >= 15 is 0 Å². The number of methoxy groups -OCH3 is 2. The summed E-state index contributed by atoms with van der Waals surface area (Å²) in [6, 6.07) is 3.62. The van der Waals surface area contributed by atoms with Crippen molar-refractivity contribution >= 4 is 12.0 Å². The molecule has 120 valence electrons. The van der Waals surface area contributed by atoms with E-state index in [1.807, 2.05) is 19.9 Å². The molecule has 1 aliphatic rings. The molecule has 0 bridgehead atoms. The lowest BCUT2D eigenvalue weighted by atomic mass is 10.0. The maximum atomic E-state index is 12.7. The van der Waals surface area contributed by atoms with Crippen LogP contribution in [0.5, 0.6) is 5.75 Å². The zero-order chi connectivity index (χ0) is 16.3. The van der Waals surface area contributed by atoms with E-state index in [-0.39, 0.29) is 12.0 Å². The molecular formula is C16H22N2O4. The van der Waals surface area contributed by atoms with E-state index in [9.17, 15) is 9.59 Å². The lowest BCUT2D eigenvalue weighted by Crippen LogP contribution is -2.50. The van der Waals surface area contributed by atoms with Crippen molar-refractivity contribution in [3.63, 3.8) is 0 Å². The normalized spacial score (nSPS) is 14.7. The molecule has 2 amide bonds. The van der Waals surface area contributed by atoms with Crippen LogP contribution in [-0.2, 0) is 4.74 Å². The first-order chi connectivity index (χ1) is 10.5. The first-order valence-electron chi connectivity index (χ1n) is 7.26. The van der Waals surface area contributed by atoms with Gasteiger partial charge in [-0.2, -0.15) is 0 Å². The van der Waals surface area contributed by atoms with Gasteiger partial charge in [0.25, 0.3) is 5.91 Å². The molecule has 22 heavy (non-hydrogen) atoms. The fraction of sp³-hybridized carbons (Fsp3) is 0.500. The number of hydrogen-bond acceptors (Lipinski definition) is 4. The number of hydrogen-bond donors (Lipinski definition) is 0. The monoisotopic (exact) mass is 306 g/mol. The number of ether oxygens (including phenoxy) is 2. The van der Waals surface area contributed by atoms with Gasteiger partial charge in [-0.1, -0.05) is 0 Å². The predicted molar refractivity (Wildman–Crippen MR) is 82.3 cm³/mol. The maximum absolute atomic E-state index is 12.7. The topological polar surface area (TPSA) is 59.1 Å². The highest BCUT2D eigenvalue weighted by molar-refractivity contribution is 5.96. The van der Waals surface area contributed by atoms with E-state index in [4.69, 9.17) is 9.47 Å². The Morgan fingerprint density at radius 3 is 2.09 bits per heavy atom. The second-order valence-electron chi connectivity index (χ2n) is 5.31. The zero-order valence-electron chi connectivity index (χ0n) is 13.5. The van der Waals surface area contributed by atoms with Gasteiger partial charge < -0.3 is 19.3 Å². The van der Waals surface area contributed by atoms with Gasteiger partial charge in [0, 0.05) is 31.7 Å². The highest BCUT2D eigenvalue weighted by Crippen LogP contribution is 2.25. The van der Waals surface area contributed by atoms with Gasteiger partial charge in [-0.25, -0.2) is 4.79 Å². The highest BCUT2D eigenvalue weighted by atomic mass is 16.5. The van der Waals surface area contributed by atoms with Crippen molar-refractivity contribution in [1.82, 2.24) is 9.80 Å². The van der Waals surface area contributed by atoms with Crippen LogP contribution in [0.1, 0.15) is 21.5 Å². The van der Waals surface area contributed by atoms with Crippen LogP contribution in [-0.4, -0.2) is 62.2 Å². The number of benzene rings is 1. The predicted octanol–water partition coefficient (Wildman–Crippen LogP) is 1.84. The van der Waals surface area contributed by atoms with Crippen molar-refractivity contribution in [2.45, 2.75) is 13.8 Å². The van der Waals surface area contributed by atoms with Crippen LogP contribution in [0.15, 0.2) is 12.1 Å². The number of amides is 2. The second kappa shape index (κ2) is 6.68. The molecule has 0 spiro atoms. The smallest absolute Gasteiger partial charge is 0.409 e. The SMILES string of the molecule is COC(=O)N1CCN(C(=O)c2ccc(OC)c(C)c2C)CC1. The molecule has 0 radical (unpaired) electrons. The van der Waals surface area contributed by atoms with Crippen molar-refractivity contribution in [2.24, 2.45) is 0 Å². The number of rotatable bonds is 2. The molecule has 0 atom stereocenters. The summed E-state index contributed by atoms with van der Waals surface area (Å²) in [5.41, 5.74) is 2.59. The Balaban J connectivity index is 2.11. The van der Waals surface area contributed by atoms with Gasteiger partial charge >= 0.3 is 6.09 Å². The molecule has 1 heterocycles. The summed E-state index contributed by atoms with van der Waals surface area (Å²) < 4.78 is 9.98. The molecule has 2 rings (SSSR count). The van der Waals surface area contributed by atoms with Crippen LogP contribution in [0.25, 0.3) is 0 Å². The van der Waals surface area contributed by atoms with E-state index in [0.717, 1.165) is 16.9 Å². The molecule has 1 fully saturated rings. The third-order valence-corrected chi connectivity index (χ3v) is 4.19. The average molecular weight is 306 g/mol. The molecular weight excluding hydrogens is 284 g/mol. The van der Waals surface area contributed by atoms with Crippen LogP contribution in [0.3, 0.4) is 0 Å². The third-order valence-electron chi connectivity index (χ3n) is 4.19. The molecule has 0 saturated carbocycles. The summed E-state index contributed by atoms with van der Waals surface area (Å²) in [7, 11) is 2.98. The van der Waals surface area contributed by atoms with E-state index in [2.05, 4.69) is 0 Å². The van der Waals surface area contributed by atoms with Gasteiger partial charge in [0.2, 0.25) is 0 Å². The van der Waals surface area contributed by atoms with Crippen LogP contribution in [0, 0.1) is 13.8 Å². The Morgan fingerprint density at radius 1 is 0.955 bits per heavy atom. The lowest BCUT2D eigenvalue weighted by molar-refractivity contribution is 0.0599. The highest BCUT2D eigenvalue weighted by Gasteiger charge is 2.26. The van der Waals surface area contributed by atoms with Gasteiger partial charge in [0.1, 0.15) is 5.75 Å². The van der Waals surface area contributed by atoms with E-state index in [1.165, 1.54) is 7.11 Å². The van der Waals surface area contributed by atoms with Gasteiger partial charge in [-0.15, -0.1) is 0 Å². The van der Waals surface area contributed by atoms with Crippen molar-refractivity contribution in [3.05, 3.63) is 28.8 Å². The van der Waals surface area contributed by atoms with Gasteiger partial charge in [-0.05, 0) is 37.1 Å². The fourth-order valence-corrected chi connectivity index (χ4v) is 2.64. The largest absolute Gasteiger partial charge is 0.496 e. The average Bonchev–Trinajstić information content (AvgIpc) is 2.56. The van der Waals surface area contributed by atoms with Crippen molar-refractivity contribution in [2.75, 3.05) is 40.4 Å². The Hall–Kier alpha value is -2.24. The van der Waals surface area contributed by atoms with Gasteiger partial charge in [0.05, 0.1) is 14.2 Å². The Labute approximate surface area is 130 Å². The number of carbonyl (C=O) groups is 2. The summed E-state index contributed by atoms with van der Waals surface area (Å²) >= 11 is 0.